The third kappa shape index (κ3) is 1.53. The predicted molar refractivity (Wildman–Crippen MR) is 60.3 cm³/mol. The minimum atomic E-state index is 0.946. The molecule has 0 fully saturated rings. The molecule has 2 nitrogen and oxygen atoms in total. The van der Waals surface area contributed by atoms with Gasteiger partial charge in [-0.05, 0) is 24.1 Å². The summed E-state index contributed by atoms with van der Waals surface area (Å²) in [4.78, 5) is 0. The van der Waals surface area contributed by atoms with E-state index in [4.69, 9.17) is 0 Å². The molecule has 0 aliphatic rings. The van der Waals surface area contributed by atoms with Crippen LogP contribution in [0.15, 0.2) is 30.3 Å². The topological polar surface area (TPSA) is 17.0 Å². The summed E-state index contributed by atoms with van der Waals surface area (Å²) < 4.78 is 2.25. The smallest absolute Gasteiger partial charge is 0.0480 e. The van der Waals surface area contributed by atoms with E-state index in [2.05, 4.69) is 54.2 Å². The molecule has 2 aromatic rings. The average Bonchev–Trinajstić information content (AvgIpc) is 2.54. The third-order valence-electron chi connectivity index (χ3n) is 2.61. The van der Waals surface area contributed by atoms with Crippen molar-refractivity contribution in [1.29, 1.82) is 0 Å². The Morgan fingerprint density at radius 3 is 2.79 bits per heavy atom. The summed E-state index contributed by atoms with van der Waals surface area (Å²) in [6.45, 7) is 4.09. The van der Waals surface area contributed by atoms with Crippen LogP contribution in [0.5, 0.6) is 0 Å². The van der Waals surface area contributed by atoms with Crippen molar-refractivity contribution < 1.29 is 0 Å². The molecule has 1 N–H and O–H groups in total. The number of nitrogens with zero attached hydrogens (tertiary/aromatic N) is 1. The zero-order chi connectivity index (χ0) is 9.97. The van der Waals surface area contributed by atoms with Gasteiger partial charge >= 0.3 is 0 Å². The van der Waals surface area contributed by atoms with Gasteiger partial charge in [-0.1, -0.05) is 25.1 Å². The molecule has 0 saturated heterocycles. The van der Waals surface area contributed by atoms with E-state index in [1.165, 1.54) is 16.6 Å². The first-order valence-corrected chi connectivity index (χ1v) is 5.07. The monoisotopic (exact) mass is 188 g/mol. The van der Waals surface area contributed by atoms with Crippen LogP contribution in [0.4, 0.5) is 0 Å². The lowest BCUT2D eigenvalue weighted by Crippen LogP contribution is -2.14. The largest absolute Gasteiger partial charge is 0.346 e. The van der Waals surface area contributed by atoms with E-state index in [0.717, 1.165) is 13.1 Å². The number of para-hydroxylation sites is 1. The highest BCUT2D eigenvalue weighted by atomic mass is 15.0. The van der Waals surface area contributed by atoms with Crippen LogP contribution in [0.25, 0.3) is 10.9 Å². The molecule has 74 valence electrons. The molecule has 0 aliphatic heterocycles. The van der Waals surface area contributed by atoms with Gasteiger partial charge in [-0.25, -0.2) is 0 Å². The summed E-state index contributed by atoms with van der Waals surface area (Å²) in [5.41, 5.74) is 2.65. The highest BCUT2D eigenvalue weighted by molar-refractivity contribution is 5.81. The van der Waals surface area contributed by atoms with Crippen molar-refractivity contribution in [3.63, 3.8) is 0 Å². The van der Waals surface area contributed by atoms with E-state index in [1.807, 2.05) is 0 Å². The Balaban J connectivity index is 2.41. The van der Waals surface area contributed by atoms with Crippen molar-refractivity contribution in [2.45, 2.75) is 13.5 Å². The highest BCUT2D eigenvalue weighted by Gasteiger charge is 2.03. The maximum absolute atomic E-state index is 3.35. The molecule has 0 atom stereocenters. The molecule has 2 rings (SSSR count). The highest BCUT2D eigenvalue weighted by Crippen LogP contribution is 2.17. The fourth-order valence-corrected chi connectivity index (χ4v) is 1.77. The van der Waals surface area contributed by atoms with Crippen LogP contribution in [0.1, 0.15) is 12.6 Å². The summed E-state index contributed by atoms with van der Waals surface area (Å²) in [7, 11) is 2.12. The molecule has 0 saturated carbocycles. The Labute approximate surface area is 84.5 Å². The van der Waals surface area contributed by atoms with E-state index in [9.17, 15) is 0 Å². The van der Waals surface area contributed by atoms with E-state index in [1.54, 1.807) is 0 Å². The van der Waals surface area contributed by atoms with Crippen molar-refractivity contribution in [2.75, 3.05) is 6.54 Å². The predicted octanol–water partition coefficient (Wildman–Crippen LogP) is 2.29. The second-order valence-corrected chi connectivity index (χ2v) is 3.53. The number of hydrogen-bond acceptors (Lipinski definition) is 1. The number of benzene rings is 1. The Morgan fingerprint density at radius 1 is 1.29 bits per heavy atom. The number of hydrogen-bond donors (Lipinski definition) is 1. The first-order valence-electron chi connectivity index (χ1n) is 5.07. The fraction of sp³-hybridized carbons (Fsp3) is 0.333. The molecule has 0 amide bonds. The summed E-state index contributed by atoms with van der Waals surface area (Å²) in [5, 5.41) is 4.67. The molecule has 1 aromatic heterocycles. The number of aryl methyl sites for hydroxylation is 1. The first kappa shape index (κ1) is 9.28. The number of fused-ring (bicyclic) bond motifs is 1. The standard InChI is InChI=1S/C12H16N2/c1-3-13-9-11-8-10-6-4-5-7-12(10)14(11)2/h4-8,13H,3,9H2,1-2H3. The lowest BCUT2D eigenvalue weighted by Gasteiger charge is -2.03. The minimum Gasteiger partial charge on any atom is -0.346 e. The molecule has 0 radical (unpaired) electrons. The second kappa shape index (κ2) is 3.84. The summed E-state index contributed by atoms with van der Waals surface area (Å²) in [6, 6.07) is 10.7. The zero-order valence-corrected chi connectivity index (χ0v) is 8.75. The molecule has 2 heteroatoms. The Hall–Kier alpha value is -1.28. The molecule has 0 unspecified atom stereocenters. The van der Waals surface area contributed by atoms with Gasteiger partial charge in [-0.2, -0.15) is 0 Å². The molecular weight excluding hydrogens is 172 g/mol. The minimum absolute atomic E-state index is 0.946. The molecule has 1 heterocycles. The molecule has 14 heavy (non-hydrogen) atoms. The SMILES string of the molecule is CCNCc1cc2ccccc2n1C. The van der Waals surface area contributed by atoms with Crippen molar-refractivity contribution in [3.8, 4) is 0 Å². The van der Waals surface area contributed by atoms with Gasteiger partial charge < -0.3 is 9.88 Å². The van der Waals surface area contributed by atoms with Gasteiger partial charge in [0.1, 0.15) is 0 Å². The van der Waals surface area contributed by atoms with Gasteiger partial charge in [0.2, 0.25) is 0 Å². The Bertz CT molecular complexity index is 429. The normalized spacial score (nSPS) is 11.0. The van der Waals surface area contributed by atoms with E-state index >= 15 is 0 Å². The lowest BCUT2D eigenvalue weighted by molar-refractivity contribution is 0.686. The molecule has 1 aromatic carbocycles. The molecule has 0 spiro atoms. The fourth-order valence-electron chi connectivity index (χ4n) is 1.77. The first-order chi connectivity index (χ1) is 6.83. The van der Waals surface area contributed by atoms with Crippen LogP contribution in [0.3, 0.4) is 0 Å². The maximum Gasteiger partial charge on any atom is 0.0480 e. The number of rotatable bonds is 3. The number of nitrogens with one attached hydrogen (secondary N) is 1. The van der Waals surface area contributed by atoms with E-state index in [0.29, 0.717) is 0 Å². The van der Waals surface area contributed by atoms with Crippen LogP contribution < -0.4 is 5.32 Å². The Kier molecular flexibility index (Phi) is 2.55. The van der Waals surface area contributed by atoms with Gasteiger partial charge in [-0.15, -0.1) is 0 Å². The Morgan fingerprint density at radius 2 is 2.07 bits per heavy atom. The van der Waals surface area contributed by atoms with E-state index in [-0.39, 0.29) is 0 Å². The van der Waals surface area contributed by atoms with Gasteiger partial charge in [0.15, 0.2) is 0 Å². The maximum atomic E-state index is 3.35. The van der Waals surface area contributed by atoms with Crippen LogP contribution >= 0.6 is 0 Å². The van der Waals surface area contributed by atoms with Gasteiger partial charge in [-0.3, -0.25) is 0 Å². The van der Waals surface area contributed by atoms with E-state index < -0.39 is 0 Å². The summed E-state index contributed by atoms with van der Waals surface area (Å²) >= 11 is 0. The van der Waals surface area contributed by atoms with Crippen LogP contribution in [-0.4, -0.2) is 11.1 Å². The number of aromatic nitrogens is 1. The molecular formula is C12H16N2. The van der Waals surface area contributed by atoms with Crippen molar-refractivity contribution >= 4 is 10.9 Å². The van der Waals surface area contributed by atoms with Crippen molar-refractivity contribution in [3.05, 3.63) is 36.0 Å². The van der Waals surface area contributed by atoms with Crippen molar-refractivity contribution in [1.82, 2.24) is 9.88 Å². The van der Waals surface area contributed by atoms with Crippen LogP contribution in [-0.2, 0) is 13.6 Å². The molecule has 0 aliphatic carbocycles. The zero-order valence-electron chi connectivity index (χ0n) is 8.75. The quantitative estimate of drug-likeness (QED) is 0.782. The lowest BCUT2D eigenvalue weighted by atomic mass is 10.2. The van der Waals surface area contributed by atoms with Crippen molar-refractivity contribution in [2.24, 2.45) is 7.05 Å². The van der Waals surface area contributed by atoms with Gasteiger partial charge in [0.25, 0.3) is 0 Å². The second-order valence-electron chi connectivity index (χ2n) is 3.53. The van der Waals surface area contributed by atoms with Crippen LogP contribution in [0, 0.1) is 0 Å². The van der Waals surface area contributed by atoms with Crippen LogP contribution in [0.2, 0.25) is 0 Å². The van der Waals surface area contributed by atoms with Gasteiger partial charge in [0.05, 0.1) is 0 Å². The summed E-state index contributed by atoms with van der Waals surface area (Å²) in [5.74, 6) is 0. The third-order valence-corrected chi connectivity index (χ3v) is 2.61. The average molecular weight is 188 g/mol. The van der Waals surface area contributed by atoms with Gasteiger partial charge in [0, 0.05) is 24.8 Å². The molecule has 0 bridgehead atoms. The summed E-state index contributed by atoms with van der Waals surface area (Å²) in [6.07, 6.45) is 0.